The maximum atomic E-state index is 11.7. The van der Waals surface area contributed by atoms with Gasteiger partial charge in [0.15, 0.2) is 0 Å². The van der Waals surface area contributed by atoms with Gasteiger partial charge in [-0.05, 0) is 18.6 Å². The van der Waals surface area contributed by atoms with Gasteiger partial charge in [-0.15, -0.1) is 0 Å². The van der Waals surface area contributed by atoms with Gasteiger partial charge in [0.2, 0.25) is 0 Å². The van der Waals surface area contributed by atoms with Gasteiger partial charge in [-0.2, -0.15) is 0 Å². The third kappa shape index (κ3) is 4.69. The molecular weight excluding hydrogens is 202 g/mol. The molecular formula is C10H14F2N2O. The summed E-state index contributed by atoms with van der Waals surface area (Å²) in [5.74, 6) is 0. The van der Waals surface area contributed by atoms with Gasteiger partial charge in [0.1, 0.15) is 6.61 Å². The second-order valence-corrected chi connectivity index (χ2v) is 3.08. The summed E-state index contributed by atoms with van der Waals surface area (Å²) < 4.78 is 28.1. The quantitative estimate of drug-likeness (QED) is 0.739. The van der Waals surface area contributed by atoms with Crippen molar-refractivity contribution in [3.05, 3.63) is 24.0 Å². The van der Waals surface area contributed by atoms with Crippen LogP contribution < -0.4 is 5.32 Å². The number of ether oxygens (including phenoxy) is 1. The van der Waals surface area contributed by atoms with Crippen molar-refractivity contribution < 1.29 is 13.5 Å². The van der Waals surface area contributed by atoms with Crippen molar-refractivity contribution >= 4 is 5.69 Å². The van der Waals surface area contributed by atoms with E-state index in [1.807, 2.05) is 13.0 Å². The normalized spacial score (nSPS) is 10.7. The summed E-state index contributed by atoms with van der Waals surface area (Å²) >= 11 is 0. The van der Waals surface area contributed by atoms with Gasteiger partial charge < -0.3 is 10.1 Å². The Labute approximate surface area is 87.5 Å². The predicted molar refractivity (Wildman–Crippen MR) is 54.3 cm³/mol. The second kappa shape index (κ2) is 6.29. The maximum Gasteiger partial charge on any atom is 0.261 e. The SMILES string of the molecule is Cc1cnccc1NCCOCC(F)F. The Hall–Kier alpha value is -1.23. The Bertz CT molecular complexity index is 295. The topological polar surface area (TPSA) is 34.2 Å². The van der Waals surface area contributed by atoms with Crippen LogP contribution in [-0.4, -0.2) is 31.2 Å². The zero-order chi connectivity index (χ0) is 11.1. The molecule has 1 rings (SSSR count). The van der Waals surface area contributed by atoms with Crippen LogP contribution in [0.5, 0.6) is 0 Å². The second-order valence-electron chi connectivity index (χ2n) is 3.08. The zero-order valence-corrected chi connectivity index (χ0v) is 8.54. The van der Waals surface area contributed by atoms with Gasteiger partial charge in [0, 0.05) is 24.6 Å². The van der Waals surface area contributed by atoms with Crippen LogP contribution in [0.25, 0.3) is 0 Å². The summed E-state index contributed by atoms with van der Waals surface area (Å²) in [4.78, 5) is 3.94. The minimum atomic E-state index is -2.40. The average Bonchev–Trinajstić information content (AvgIpc) is 2.20. The largest absolute Gasteiger partial charge is 0.382 e. The fourth-order valence-electron chi connectivity index (χ4n) is 1.10. The lowest BCUT2D eigenvalue weighted by atomic mass is 10.2. The van der Waals surface area contributed by atoms with Crippen LogP contribution in [0.2, 0.25) is 0 Å². The van der Waals surface area contributed by atoms with Crippen LogP contribution in [0.1, 0.15) is 5.56 Å². The first kappa shape index (κ1) is 11.8. The van der Waals surface area contributed by atoms with E-state index in [0.29, 0.717) is 6.54 Å². The van der Waals surface area contributed by atoms with Crippen LogP contribution in [0.15, 0.2) is 18.5 Å². The fourth-order valence-corrected chi connectivity index (χ4v) is 1.10. The molecule has 0 aliphatic heterocycles. The third-order valence-corrected chi connectivity index (χ3v) is 1.83. The van der Waals surface area contributed by atoms with Gasteiger partial charge in [-0.1, -0.05) is 0 Å². The summed E-state index contributed by atoms with van der Waals surface area (Å²) in [6.45, 7) is 2.20. The number of anilines is 1. The highest BCUT2D eigenvalue weighted by Gasteiger charge is 2.01. The summed E-state index contributed by atoms with van der Waals surface area (Å²) in [6.07, 6.45) is 1.02. The molecule has 3 nitrogen and oxygen atoms in total. The molecule has 0 saturated carbocycles. The Morgan fingerprint density at radius 2 is 2.33 bits per heavy atom. The molecule has 0 bridgehead atoms. The molecule has 0 atom stereocenters. The molecule has 0 aromatic carbocycles. The van der Waals surface area contributed by atoms with Gasteiger partial charge in [-0.3, -0.25) is 4.98 Å². The van der Waals surface area contributed by atoms with Crippen molar-refractivity contribution in [2.24, 2.45) is 0 Å². The van der Waals surface area contributed by atoms with Crippen molar-refractivity contribution in [1.29, 1.82) is 0 Å². The Morgan fingerprint density at radius 1 is 1.53 bits per heavy atom. The number of halogens is 2. The van der Waals surface area contributed by atoms with Crippen LogP contribution >= 0.6 is 0 Å². The molecule has 1 N–H and O–H groups in total. The number of nitrogens with one attached hydrogen (secondary N) is 1. The summed E-state index contributed by atoms with van der Waals surface area (Å²) in [5.41, 5.74) is 1.97. The highest BCUT2D eigenvalue weighted by atomic mass is 19.3. The zero-order valence-electron chi connectivity index (χ0n) is 8.54. The smallest absolute Gasteiger partial charge is 0.261 e. The third-order valence-electron chi connectivity index (χ3n) is 1.83. The maximum absolute atomic E-state index is 11.7. The van der Waals surface area contributed by atoms with Crippen molar-refractivity contribution in [1.82, 2.24) is 4.98 Å². The Morgan fingerprint density at radius 3 is 3.00 bits per heavy atom. The van der Waals surface area contributed by atoms with Gasteiger partial charge in [-0.25, -0.2) is 8.78 Å². The number of alkyl halides is 2. The van der Waals surface area contributed by atoms with E-state index in [-0.39, 0.29) is 6.61 Å². The van der Waals surface area contributed by atoms with E-state index >= 15 is 0 Å². The van der Waals surface area contributed by atoms with Crippen molar-refractivity contribution in [2.75, 3.05) is 25.1 Å². The minimum Gasteiger partial charge on any atom is -0.382 e. The highest BCUT2D eigenvalue weighted by Crippen LogP contribution is 2.10. The molecule has 5 heteroatoms. The molecule has 0 radical (unpaired) electrons. The number of hydrogen-bond donors (Lipinski definition) is 1. The predicted octanol–water partition coefficient (Wildman–Crippen LogP) is 2.08. The van der Waals surface area contributed by atoms with Crippen LogP contribution in [0.4, 0.5) is 14.5 Å². The van der Waals surface area contributed by atoms with E-state index in [2.05, 4.69) is 10.3 Å². The van der Waals surface area contributed by atoms with Gasteiger partial charge in [0.05, 0.1) is 6.61 Å². The van der Waals surface area contributed by atoms with E-state index in [4.69, 9.17) is 4.74 Å². The van der Waals surface area contributed by atoms with Crippen LogP contribution in [0.3, 0.4) is 0 Å². The summed E-state index contributed by atoms with van der Waals surface area (Å²) in [5, 5.41) is 3.08. The molecule has 0 amide bonds. The van der Waals surface area contributed by atoms with Gasteiger partial charge >= 0.3 is 0 Å². The van der Waals surface area contributed by atoms with E-state index in [1.54, 1.807) is 12.4 Å². The molecule has 0 aliphatic carbocycles. The summed E-state index contributed by atoms with van der Waals surface area (Å²) in [7, 11) is 0. The first-order chi connectivity index (χ1) is 7.20. The Kier molecular flexibility index (Phi) is 4.97. The number of nitrogens with zero attached hydrogens (tertiary/aromatic N) is 1. The number of rotatable bonds is 6. The van der Waals surface area contributed by atoms with Gasteiger partial charge in [0.25, 0.3) is 6.43 Å². The van der Waals surface area contributed by atoms with Crippen LogP contribution in [0, 0.1) is 6.92 Å². The van der Waals surface area contributed by atoms with E-state index < -0.39 is 13.0 Å². The molecule has 15 heavy (non-hydrogen) atoms. The molecule has 0 fully saturated rings. The fraction of sp³-hybridized carbons (Fsp3) is 0.500. The molecule has 1 heterocycles. The molecule has 1 aromatic rings. The monoisotopic (exact) mass is 216 g/mol. The molecule has 1 aromatic heterocycles. The average molecular weight is 216 g/mol. The first-order valence-electron chi connectivity index (χ1n) is 4.70. The minimum absolute atomic E-state index is 0.270. The number of aromatic nitrogens is 1. The van der Waals surface area contributed by atoms with E-state index in [0.717, 1.165) is 11.3 Å². The Balaban J connectivity index is 2.18. The van der Waals surface area contributed by atoms with Crippen molar-refractivity contribution in [2.45, 2.75) is 13.3 Å². The molecule has 84 valence electrons. The number of aryl methyl sites for hydroxylation is 1. The summed E-state index contributed by atoms with van der Waals surface area (Å²) in [6, 6.07) is 1.84. The molecule has 0 aliphatic rings. The lowest BCUT2D eigenvalue weighted by molar-refractivity contribution is 0.0215. The van der Waals surface area contributed by atoms with E-state index in [1.165, 1.54) is 0 Å². The molecule has 0 spiro atoms. The highest BCUT2D eigenvalue weighted by molar-refractivity contribution is 5.48. The van der Waals surface area contributed by atoms with Crippen molar-refractivity contribution in [3.8, 4) is 0 Å². The van der Waals surface area contributed by atoms with Crippen molar-refractivity contribution in [3.63, 3.8) is 0 Å². The molecule has 0 saturated heterocycles. The molecule has 0 unspecified atom stereocenters. The lowest BCUT2D eigenvalue weighted by Gasteiger charge is -2.08. The lowest BCUT2D eigenvalue weighted by Crippen LogP contribution is -2.13. The van der Waals surface area contributed by atoms with E-state index in [9.17, 15) is 8.78 Å². The number of pyridine rings is 1. The van der Waals surface area contributed by atoms with Crippen LogP contribution in [-0.2, 0) is 4.74 Å². The first-order valence-corrected chi connectivity index (χ1v) is 4.70. The number of hydrogen-bond acceptors (Lipinski definition) is 3. The standard InChI is InChI=1S/C10H14F2N2O/c1-8-6-13-3-2-9(8)14-4-5-15-7-10(11)12/h2-3,6,10H,4-5,7H2,1H3,(H,13,14).